The van der Waals surface area contributed by atoms with E-state index in [1.54, 1.807) is 0 Å². The van der Waals surface area contributed by atoms with Crippen LogP contribution in [0.2, 0.25) is 5.02 Å². The van der Waals surface area contributed by atoms with Crippen molar-refractivity contribution < 1.29 is 0 Å². The van der Waals surface area contributed by atoms with E-state index in [1.807, 2.05) is 12.1 Å². The van der Waals surface area contributed by atoms with Crippen LogP contribution in [-0.2, 0) is 0 Å². The maximum atomic E-state index is 6.29. The molecule has 29 heavy (non-hydrogen) atoms. The van der Waals surface area contributed by atoms with Crippen molar-refractivity contribution in [2.24, 2.45) is 0 Å². The van der Waals surface area contributed by atoms with Crippen LogP contribution >= 0.6 is 11.6 Å². The zero-order valence-electron chi connectivity index (χ0n) is 16.1. The van der Waals surface area contributed by atoms with Gasteiger partial charge in [0.05, 0.1) is 5.69 Å². The maximum absolute atomic E-state index is 6.29. The van der Waals surface area contributed by atoms with Gasteiger partial charge in [-0.05, 0) is 59.7 Å². The van der Waals surface area contributed by atoms with Crippen molar-refractivity contribution in [3.8, 4) is 0 Å². The molecule has 2 heteroatoms. The van der Waals surface area contributed by atoms with Crippen molar-refractivity contribution in [2.45, 2.75) is 6.92 Å². The number of rotatable bonds is 3. The Morgan fingerprint density at radius 2 is 1.21 bits per heavy atom. The Kier molecular flexibility index (Phi) is 4.46. The molecule has 0 radical (unpaired) electrons. The zero-order chi connectivity index (χ0) is 19.8. The number of nitrogens with zero attached hydrogens (tertiary/aromatic N) is 1. The van der Waals surface area contributed by atoms with Crippen molar-refractivity contribution in [3.05, 3.63) is 114 Å². The Labute approximate surface area is 175 Å². The van der Waals surface area contributed by atoms with E-state index in [4.69, 9.17) is 11.6 Å². The fraction of sp³-hybridized carbons (Fsp3) is 0.0370. The summed E-state index contributed by atoms with van der Waals surface area (Å²) in [5.41, 5.74) is 4.58. The summed E-state index contributed by atoms with van der Waals surface area (Å²) in [5, 5.41) is 5.67. The zero-order valence-corrected chi connectivity index (χ0v) is 16.9. The molecule has 0 aliphatic carbocycles. The number of halogens is 1. The van der Waals surface area contributed by atoms with Crippen LogP contribution < -0.4 is 4.90 Å². The van der Waals surface area contributed by atoms with Crippen molar-refractivity contribution in [1.82, 2.24) is 0 Å². The Morgan fingerprint density at radius 1 is 0.621 bits per heavy atom. The molecule has 1 nitrogen and oxygen atoms in total. The first-order valence-corrected chi connectivity index (χ1v) is 10.1. The van der Waals surface area contributed by atoms with E-state index < -0.39 is 0 Å². The summed E-state index contributed by atoms with van der Waals surface area (Å²) in [5.74, 6) is 0. The molecule has 5 aromatic rings. The Morgan fingerprint density at radius 3 is 1.83 bits per heavy atom. The van der Waals surface area contributed by atoms with E-state index >= 15 is 0 Å². The van der Waals surface area contributed by atoms with Gasteiger partial charge in [-0.15, -0.1) is 0 Å². The van der Waals surface area contributed by atoms with Gasteiger partial charge in [-0.2, -0.15) is 0 Å². The summed E-state index contributed by atoms with van der Waals surface area (Å²) in [6.07, 6.45) is 0. The summed E-state index contributed by atoms with van der Waals surface area (Å²) in [6, 6.07) is 36.1. The SMILES string of the molecule is Cc1cc(Cl)ccc1N(c1ccccc1)c1c2ccccc2cc2ccccc12. The highest BCUT2D eigenvalue weighted by molar-refractivity contribution is 6.30. The lowest BCUT2D eigenvalue weighted by atomic mass is 9.98. The van der Waals surface area contributed by atoms with E-state index in [0.717, 1.165) is 22.0 Å². The van der Waals surface area contributed by atoms with Crippen LogP contribution in [0.1, 0.15) is 5.56 Å². The summed E-state index contributed by atoms with van der Waals surface area (Å²) in [6.45, 7) is 2.12. The Bertz CT molecular complexity index is 1270. The van der Waals surface area contributed by atoms with Crippen LogP contribution in [0.5, 0.6) is 0 Å². The fourth-order valence-electron chi connectivity index (χ4n) is 4.07. The lowest BCUT2D eigenvalue weighted by Gasteiger charge is -2.29. The second kappa shape index (κ2) is 7.27. The molecule has 0 fully saturated rings. The first-order chi connectivity index (χ1) is 14.2. The molecular weight excluding hydrogens is 374 g/mol. The summed E-state index contributed by atoms with van der Waals surface area (Å²) >= 11 is 6.29. The van der Waals surface area contributed by atoms with Gasteiger partial charge in [0.1, 0.15) is 0 Å². The van der Waals surface area contributed by atoms with Gasteiger partial charge in [-0.25, -0.2) is 0 Å². The van der Waals surface area contributed by atoms with Gasteiger partial charge in [-0.1, -0.05) is 78.3 Å². The number of fused-ring (bicyclic) bond motifs is 2. The number of para-hydroxylation sites is 1. The molecule has 0 amide bonds. The monoisotopic (exact) mass is 393 g/mol. The molecule has 0 unspecified atom stereocenters. The van der Waals surface area contributed by atoms with Crippen molar-refractivity contribution >= 4 is 50.2 Å². The minimum absolute atomic E-state index is 0.752. The van der Waals surface area contributed by atoms with Gasteiger partial charge < -0.3 is 4.90 Å². The Balaban J connectivity index is 1.93. The molecule has 0 spiro atoms. The van der Waals surface area contributed by atoms with Crippen LogP contribution in [0.15, 0.2) is 103 Å². The molecule has 5 rings (SSSR count). The lowest BCUT2D eigenvalue weighted by molar-refractivity contribution is 1.27. The topological polar surface area (TPSA) is 3.24 Å². The molecule has 0 saturated carbocycles. The van der Waals surface area contributed by atoms with Crippen LogP contribution in [-0.4, -0.2) is 0 Å². The van der Waals surface area contributed by atoms with Crippen molar-refractivity contribution in [1.29, 1.82) is 0 Å². The first kappa shape index (κ1) is 17.8. The Hall–Kier alpha value is -3.29. The number of hydrogen-bond donors (Lipinski definition) is 0. The second-order valence-electron chi connectivity index (χ2n) is 7.27. The molecule has 5 aromatic carbocycles. The van der Waals surface area contributed by atoms with Crippen LogP contribution in [0.3, 0.4) is 0 Å². The molecule has 0 bridgehead atoms. The highest BCUT2D eigenvalue weighted by atomic mass is 35.5. The molecule has 0 aliphatic heterocycles. The average molecular weight is 394 g/mol. The third kappa shape index (κ3) is 3.14. The first-order valence-electron chi connectivity index (χ1n) is 9.74. The summed E-state index contributed by atoms with van der Waals surface area (Å²) < 4.78 is 0. The van der Waals surface area contributed by atoms with Gasteiger partial charge in [0.15, 0.2) is 0 Å². The van der Waals surface area contributed by atoms with Crippen molar-refractivity contribution in [3.63, 3.8) is 0 Å². The molecule has 0 atom stereocenters. The molecule has 0 N–H and O–H groups in total. The van der Waals surface area contributed by atoms with Gasteiger partial charge >= 0.3 is 0 Å². The molecular formula is C27H20ClN. The molecule has 0 aliphatic rings. The van der Waals surface area contributed by atoms with Gasteiger partial charge in [0.2, 0.25) is 0 Å². The van der Waals surface area contributed by atoms with E-state index in [0.29, 0.717) is 0 Å². The molecule has 140 valence electrons. The largest absolute Gasteiger partial charge is 0.309 e. The standard InChI is InChI=1S/C27H20ClN/c1-19-17-22(28)15-16-26(19)29(23-11-3-2-4-12-23)27-24-13-7-5-9-20(24)18-21-10-6-8-14-25(21)27/h2-18H,1H3. The minimum Gasteiger partial charge on any atom is -0.309 e. The predicted molar refractivity (Wildman–Crippen MR) is 126 cm³/mol. The molecule has 0 heterocycles. The van der Waals surface area contributed by atoms with E-state index in [-0.39, 0.29) is 0 Å². The number of anilines is 3. The highest BCUT2D eigenvalue weighted by Crippen LogP contribution is 2.44. The maximum Gasteiger partial charge on any atom is 0.0618 e. The summed E-state index contributed by atoms with van der Waals surface area (Å²) in [4.78, 5) is 2.36. The van der Waals surface area contributed by atoms with E-state index in [1.165, 1.54) is 27.2 Å². The second-order valence-corrected chi connectivity index (χ2v) is 7.71. The quantitative estimate of drug-likeness (QED) is 0.278. The third-order valence-corrected chi connectivity index (χ3v) is 5.62. The lowest BCUT2D eigenvalue weighted by Crippen LogP contribution is -2.12. The van der Waals surface area contributed by atoms with Gasteiger partial charge in [-0.3, -0.25) is 0 Å². The van der Waals surface area contributed by atoms with Gasteiger partial charge in [0.25, 0.3) is 0 Å². The van der Waals surface area contributed by atoms with Gasteiger partial charge in [0, 0.05) is 27.2 Å². The minimum atomic E-state index is 0.752. The van der Waals surface area contributed by atoms with Crippen molar-refractivity contribution in [2.75, 3.05) is 4.90 Å². The average Bonchev–Trinajstić information content (AvgIpc) is 2.75. The number of benzene rings is 5. The molecule has 0 aromatic heterocycles. The fourth-order valence-corrected chi connectivity index (χ4v) is 4.29. The number of hydrogen-bond acceptors (Lipinski definition) is 1. The van der Waals surface area contributed by atoms with Crippen LogP contribution in [0.4, 0.5) is 17.1 Å². The normalized spacial score (nSPS) is 11.1. The third-order valence-electron chi connectivity index (χ3n) is 5.38. The number of aryl methyl sites for hydroxylation is 1. The van der Waals surface area contributed by atoms with Crippen LogP contribution in [0, 0.1) is 6.92 Å². The van der Waals surface area contributed by atoms with E-state index in [2.05, 4.69) is 103 Å². The summed E-state index contributed by atoms with van der Waals surface area (Å²) in [7, 11) is 0. The molecule has 0 saturated heterocycles. The smallest absolute Gasteiger partial charge is 0.0618 e. The predicted octanol–water partition coefficient (Wildman–Crippen LogP) is 8.42. The van der Waals surface area contributed by atoms with E-state index in [9.17, 15) is 0 Å². The van der Waals surface area contributed by atoms with Crippen LogP contribution in [0.25, 0.3) is 21.5 Å². The highest BCUT2D eigenvalue weighted by Gasteiger charge is 2.19.